The van der Waals surface area contributed by atoms with E-state index in [-0.39, 0.29) is 33.1 Å². The van der Waals surface area contributed by atoms with E-state index in [0.717, 1.165) is 5.56 Å². The van der Waals surface area contributed by atoms with Crippen molar-refractivity contribution in [3.8, 4) is 0 Å². The molecule has 0 aliphatic heterocycles. The molecular weight excluding hydrogens is 396 g/mol. The highest BCUT2D eigenvalue weighted by Gasteiger charge is 2.18. The Morgan fingerprint density at radius 3 is 2.32 bits per heavy atom. The second kappa shape index (κ2) is 8.46. The summed E-state index contributed by atoms with van der Waals surface area (Å²) in [6, 6.07) is 21.7. The molecule has 0 aromatic heterocycles. The molecule has 0 aliphatic rings. The maximum atomic E-state index is 12.7. The molecule has 3 rings (SSSR count). The van der Waals surface area contributed by atoms with Crippen LogP contribution in [0.5, 0.6) is 0 Å². The van der Waals surface area contributed by atoms with Gasteiger partial charge in [0.1, 0.15) is 0 Å². The quantitative estimate of drug-likeness (QED) is 0.617. The standard InChI is InChI=1S/C21H19ClN2O3S/c1-15(16-8-3-2-4-9-16)23-21(25)17-10-7-11-18(14-17)28(26,27)24-20-13-6-5-12-19(20)22/h2-15,24H,1H3,(H,23,25)/t15-/m0/s1. The molecule has 0 unspecified atom stereocenters. The fourth-order valence-corrected chi connectivity index (χ4v) is 4.02. The summed E-state index contributed by atoms with van der Waals surface area (Å²) >= 11 is 6.02. The van der Waals surface area contributed by atoms with Crippen LogP contribution in [0, 0.1) is 0 Å². The molecule has 7 heteroatoms. The summed E-state index contributed by atoms with van der Waals surface area (Å²) in [5, 5.41) is 3.16. The van der Waals surface area contributed by atoms with E-state index in [1.54, 1.807) is 30.3 Å². The largest absolute Gasteiger partial charge is 0.346 e. The van der Waals surface area contributed by atoms with Crippen molar-refractivity contribution >= 4 is 33.2 Å². The van der Waals surface area contributed by atoms with Gasteiger partial charge in [0.25, 0.3) is 15.9 Å². The number of para-hydroxylation sites is 1. The van der Waals surface area contributed by atoms with E-state index in [2.05, 4.69) is 10.0 Å². The molecule has 0 bridgehead atoms. The molecule has 1 amide bonds. The van der Waals surface area contributed by atoms with Crippen LogP contribution in [0.4, 0.5) is 5.69 Å². The van der Waals surface area contributed by atoms with Crippen LogP contribution in [0.1, 0.15) is 28.9 Å². The Bertz CT molecular complexity index is 1090. The Morgan fingerprint density at radius 2 is 1.61 bits per heavy atom. The highest BCUT2D eigenvalue weighted by molar-refractivity contribution is 7.92. The molecule has 0 radical (unpaired) electrons. The number of hydrogen-bond donors (Lipinski definition) is 2. The molecule has 1 atom stereocenters. The van der Waals surface area contributed by atoms with E-state index in [0.29, 0.717) is 0 Å². The topological polar surface area (TPSA) is 75.3 Å². The normalized spacial score (nSPS) is 12.2. The van der Waals surface area contributed by atoms with Crippen molar-refractivity contribution in [1.29, 1.82) is 0 Å². The molecule has 0 aliphatic carbocycles. The molecule has 3 aromatic rings. The molecule has 0 heterocycles. The number of nitrogens with one attached hydrogen (secondary N) is 2. The van der Waals surface area contributed by atoms with Crippen LogP contribution < -0.4 is 10.0 Å². The minimum Gasteiger partial charge on any atom is -0.346 e. The molecule has 144 valence electrons. The first-order valence-corrected chi connectivity index (χ1v) is 10.5. The van der Waals surface area contributed by atoms with Gasteiger partial charge in [0.15, 0.2) is 0 Å². The van der Waals surface area contributed by atoms with Gasteiger partial charge in [0.2, 0.25) is 0 Å². The van der Waals surface area contributed by atoms with Gasteiger partial charge in [0, 0.05) is 5.56 Å². The minimum atomic E-state index is -3.89. The highest BCUT2D eigenvalue weighted by Crippen LogP contribution is 2.24. The van der Waals surface area contributed by atoms with Crippen LogP contribution in [0.2, 0.25) is 5.02 Å². The fourth-order valence-electron chi connectivity index (χ4n) is 2.66. The Hall–Kier alpha value is -2.83. The lowest BCUT2D eigenvalue weighted by molar-refractivity contribution is 0.0939. The van der Waals surface area contributed by atoms with Crippen LogP contribution in [0.3, 0.4) is 0 Å². The molecule has 28 heavy (non-hydrogen) atoms. The summed E-state index contributed by atoms with van der Waals surface area (Å²) < 4.78 is 27.8. The number of carbonyl (C=O) groups is 1. The van der Waals surface area contributed by atoms with Crippen molar-refractivity contribution in [2.75, 3.05) is 4.72 Å². The van der Waals surface area contributed by atoms with Gasteiger partial charge in [-0.2, -0.15) is 0 Å². The minimum absolute atomic E-state index is 0.0209. The van der Waals surface area contributed by atoms with Crippen LogP contribution in [0.25, 0.3) is 0 Å². The van der Waals surface area contributed by atoms with Crippen LogP contribution in [-0.2, 0) is 10.0 Å². The first-order valence-electron chi connectivity index (χ1n) is 8.60. The van der Waals surface area contributed by atoms with Crippen molar-refractivity contribution in [2.24, 2.45) is 0 Å². The predicted octanol–water partition coefficient (Wildman–Crippen LogP) is 4.63. The van der Waals surface area contributed by atoms with E-state index in [9.17, 15) is 13.2 Å². The van der Waals surface area contributed by atoms with Gasteiger partial charge in [-0.25, -0.2) is 8.42 Å². The predicted molar refractivity (Wildman–Crippen MR) is 111 cm³/mol. The average Bonchev–Trinajstić information content (AvgIpc) is 2.70. The lowest BCUT2D eigenvalue weighted by atomic mass is 10.1. The third kappa shape index (κ3) is 4.71. The fraction of sp³-hybridized carbons (Fsp3) is 0.0952. The average molecular weight is 415 g/mol. The summed E-state index contributed by atoms with van der Waals surface area (Å²) in [4.78, 5) is 12.6. The SMILES string of the molecule is C[C@H](NC(=O)c1cccc(S(=O)(=O)Nc2ccccc2Cl)c1)c1ccccc1. The lowest BCUT2D eigenvalue weighted by Gasteiger charge is -2.15. The summed E-state index contributed by atoms with van der Waals surface area (Å²) in [5.74, 6) is -0.355. The van der Waals surface area contributed by atoms with E-state index >= 15 is 0 Å². The number of sulfonamides is 1. The zero-order valence-electron chi connectivity index (χ0n) is 15.1. The smallest absolute Gasteiger partial charge is 0.261 e. The first-order chi connectivity index (χ1) is 13.4. The third-order valence-corrected chi connectivity index (χ3v) is 5.86. The highest BCUT2D eigenvalue weighted by atomic mass is 35.5. The molecule has 2 N–H and O–H groups in total. The van der Waals surface area contributed by atoms with Crippen molar-refractivity contribution < 1.29 is 13.2 Å². The van der Waals surface area contributed by atoms with E-state index in [1.165, 1.54) is 18.2 Å². The van der Waals surface area contributed by atoms with Gasteiger partial charge in [-0.1, -0.05) is 60.1 Å². The number of rotatable bonds is 6. The Balaban J connectivity index is 1.79. The van der Waals surface area contributed by atoms with Gasteiger partial charge >= 0.3 is 0 Å². The van der Waals surface area contributed by atoms with Crippen molar-refractivity contribution in [3.05, 3.63) is 95.0 Å². The van der Waals surface area contributed by atoms with Gasteiger partial charge in [0.05, 0.1) is 21.6 Å². The van der Waals surface area contributed by atoms with E-state index in [1.807, 2.05) is 37.3 Å². The number of hydrogen-bond acceptors (Lipinski definition) is 3. The number of carbonyl (C=O) groups excluding carboxylic acids is 1. The Morgan fingerprint density at radius 1 is 0.929 bits per heavy atom. The number of benzene rings is 3. The van der Waals surface area contributed by atoms with E-state index < -0.39 is 10.0 Å². The van der Waals surface area contributed by atoms with Gasteiger partial charge in [-0.15, -0.1) is 0 Å². The van der Waals surface area contributed by atoms with Crippen molar-refractivity contribution in [2.45, 2.75) is 17.9 Å². The number of anilines is 1. The summed E-state index contributed by atoms with van der Waals surface area (Å²) in [7, 11) is -3.89. The number of halogens is 1. The van der Waals surface area contributed by atoms with Gasteiger partial charge in [-0.3, -0.25) is 9.52 Å². The summed E-state index contributed by atoms with van der Waals surface area (Å²) in [6.07, 6.45) is 0. The third-order valence-electron chi connectivity index (χ3n) is 4.17. The second-order valence-corrected chi connectivity index (χ2v) is 8.31. The molecular formula is C21H19ClN2O3S. The van der Waals surface area contributed by atoms with Crippen LogP contribution in [-0.4, -0.2) is 14.3 Å². The van der Waals surface area contributed by atoms with Gasteiger partial charge in [-0.05, 0) is 42.8 Å². The maximum Gasteiger partial charge on any atom is 0.261 e. The Labute approximate surface area is 169 Å². The molecule has 0 saturated heterocycles. The lowest BCUT2D eigenvalue weighted by Crippen LogP contribution is -2.27. The van der Waals surface area contributed by atoms with E-state index in [4.69, 9.17) is 11.6 Å². The van der Waals surface area contributed by atoms with Crippen molar-refractivity contribution in [1.82, 2.24) is 5.32 Å². The number of amides is 1. The second-order valence-electron chi connectivity index (χ2n) is 6.22. The molecule has 0 saturated carbocycles. The zero-order valence-corrected chi connectivity index (χ0v) is 16.7. The van der Waals surface area contributed by atoms with Crippen LogP contribution in [0.15, 0.2) is 83.8 Å². The summed E-state index contributed by atoms with van der Waals surface area (Å²) in [6.45, 7) is 1.87. The maximum absolute atomic E-state index is 12.7. The first kappa shape index (κ1) is 19.9. The Kier molecular flexibility index (Phi) is 6.02. The molecule has 3 aromatic carbocycles. The van der Waals surface area contributed by atoms with Crippen molar-refractivity contribution in [3.63, 3.8) is 0 Å². The zero-order chi connectivity index (χ0) is 20.1. The summed E-state index contributed by atoms with van der Waals surface area (Å²) in [5.41, 5.74) is 1.49. The molecule has 5 nitrogen and oxygen atoms in total. The van der Waals surface area contributed by atoms with Gasteiger partial charge < -0.3 is 5.32 Å². The molecule has 0 fully saturated rings. The van der Waals surface area contributed by atoms with Crippen LogP contribution >= 0.6 is 11.6 Å². The monoisotopic (exact) mass is 414 g/mol. The molecule has 0 spiro atoms.